The van der Waals surface area contributed by atoms with Gasteiger partial charge in [0, 0.05) is 30.2 Å². The quantitative estimate of drug-likeness (QED) is 0.855. The van der Waals surface area contributed by atoms with E-state index in [0.717, 1.165) is 11.1 Å². The molecule has 1 N–H and O–H groups in total. The molecule has 1 aliphatic heterocycles. The number of carbonyl (C=O) groups is 1. The maximum atomic E-state index is 12.0. The molecule has 1 aliphatic rings. The zero-order valence-corrected chi connectivity index (χ0v) is 11.5. The van der Waals surface area contributed by atoms with E-state index in [1.807, 2.05) is 6.07 Å². The van der Waals surface area contributed by atoms with Crippen LogP contribution in [0, 0.1) is 0 Å². The number of anilines is 1. The monoisotopic (exact) mass is 288 g/mol. The number of nitrogens with one attached hydrogen (secondary N) is 1. The average molecular weight is 288 g/mol. The molecule has 1 amide bonds. The van der Waals surface area contributed by atoms with E-state index in [9.17, 15) is 9.59 Å². The number of rotatable bonds is 3. The molecule has 0 atom stereocenters. The van der Waals surface area contributed by atoms with Crippen LogP contribution in [0.5, 0.6) is 0 Å². The van der Waals surface area contributed by atoms with E-state index in [4.69, 9.17) is 9.15 Å². The van der Waals surface area contributed by atoms with Crippen LogP contribution in [0.2, 0.25) is 0 Å². The summed E-state index contributed by atoms with van der Waals surface area (Å²) < 4.78 is 10.3. The number of nitrogens with zero attached hydrogens (tertiary/aromatic N) is 1. The van der Waals surface area contributed by atoms with Gasteiger partial charge in [0.05, 0.1) is 19.8 Å². The van der Waals surface area contributed by atoms with Crippen molar-refractivity contribution < 1.29 is 13.9 Å². The molecule has 1 saturated heterocycles. The van der Waals surface area contributed by atoms with Gasteiger partial charge in [-0.25, -0.2) is 4.79 Å². The molecule has 0 aliphatic carbocycles. The van der Waals surface area contributed by atoms with Crippen LogP contribution >= 0.6 is 0 Å². The summed E-state index contributed by atoms with van der Waals surface area (Å²) in [6, 6.07) is 8.45. The number of hydrogen-bond acceptors (Lipinski definition) is 5. The third-order valence-electron chi connectivity index (χ3n) is 3.43. The van der Waals surface area contributed by atoms with E-state index in [1.165, 1.54) is 6.07 Å². The molecule has 0 unspecified atom stereocenters. The first-order valence-electron chi connectivity index (χ1n) is 6.86. The van der Waals surface area contributed by atoms with E-state index in [-0.39, 0.29) is 18.1 Å². The van der Waals surface area contributed by atoms with Gasteiger partial charge in [-0.2, -0.15) is 0 Å². The van der Waals surface area contributed by atoms with Gasteiger partial charge in [0.1, 0.15) is 5.58 Å². The summed E-state index contributed by atoms with van der Waals surface area (Å²) in [4.78, 5) is 24.9. The predicted molar refractivity (Wildman–Crippen MR) is 78.4 cm³/mol. The van der Waals surface area contributed by atoms with E-state index in [0.29, 0.717) is 31.9 Å². The molecule has 1 aromatic heterocycles. The lowest BCUT2D eigenvalue weighted by Crippen LogP contribution is -2.43. The minimum atomic E-state index is -0.370. The summed E-state index contributed by atoms with van der Waals surface area (Å²) in [5.74, 6) is 0.0537. The van der Waals surface area contributed by atoms with Gasteiger partial charge in [-0.1, -0.05) is 0 Å². The molecule has 1 fully saturated rings. The number of benzene rings is 1. The Hall–Kier alpha value is -2.34. The van der Waals surface area contributed by atoms with Crippen LogP contribution in [-0.4, -0.2) is 43.7 Å². The lowest BCUT2D eigenvalue weighted by atomic mass is 10.2. The summed E-state index contributed by atoms with van der Waals surface area (Å²) in [5, 5.41) is 3.91. The minimum absolute atomic E-state index is 0.0537. The van der Waals surface area contributed by atoms with Crippen LogP contribution < -0.4 is 10.9 Å². The Kier molecular flexibility index (Phi) is 3.87. The summed E-state index contributed by atoms with van der Waals surface area (Å²) in [5.41, 5.74) is 0.983. The highest BCUT2D eigenvalue weighted by Gasteiger charge is 2.16. The fourth-order valence-electron chi connectivity index (χ4n) is 2.28. The van der Waals surface area contributed by atoms with E-state index in [2.05, 4.69) is 5.32 Å². The number of fused-ring (bicyclic) bond motifs is 1. The smallest absolute Gasteiger partial charge is 0.336 e. The van der Waals surface area contributed by atoms with Crippen LogP contribution in [0.4, 0.5) is 5.69 Å². The minimum Gasteiger partial charge on any atom is -0.423 e. The summed E-state index contributed by atoms with van der Waals surface area (Å²) in [6.45, 7) is 2.72. The van der Waals surface area contributed by atoms with Crippen molar-refractivity contribution in [3.63, 3.8) is 0 Å². The highest BCUT2D eigenvalue weighted by molar-refractivity contribution is 5.84. The second-order valence-electron chi connectivity index (χ2n) is 4.85. The standard InChI is InChI=1S/C15H16N2O4/c18-14(17-5-7-20-8-6-17)10-16-12-2-3-13-11(9-12)1-4-15(19)21-13/h1-4,9,16H,5-8,10H2. The molecule has 0 radical (unpaired) electrons. The van der Waals surface area contributed by atoms with Gasteiger partial charge in [0.2, 0.25) is 5.91 Å². The Morgan fingerprint density at radius 2 is 2.00 bits per heavy atom. The molecule has 0 saturated carbocycles. The van der Waals surface area contributed by atoms with Crippen molar-refractivity contribution in [3.8, 4) is 0 Å². The van der Waals surface area contributed by atoms with Crippen LogP contribution in [0.15, 0.2) is 39.5 Å². The first-order valence-corrected chi connectivity index (χ1v) is 6.86. The SMILES string of the molecule is O=C(CNc1ccc2oc(=O)ccc2c1)N1CCOCC1. The zero-order valence-electron chi connectivity index (χ0n) is 11.5. The molecular weight excluding hydrogens is 272 g/mol. The van der Waals surface area contributed by atoms with Gasteiger partial charge >= 0.3 is 5.63 Å². The number of morpholine rings is 1. The van der Waals surface area contributed by atoms with Crippen molar-refractivity contribution in [3.05, 3.63) is 40.8 Å². The molecule has 3 rings (SSSR count). The van der Waals surface area contributed by atoms with Crippen LogP contribution in [0.3, 0.4) is 0 Å². The number of ether oxygens (including phenoxy) is 1. The summed E-state index contributed by atoms with van der Waals surface area (Å²) in [7, 11) is 0. The Bertz CT molecular complexity index is 704. The number of hydrogen-bond donors (Lipinski definition) is 1. The van der Waals surface area contributed by atoms with Crippen LogP contribution in [-0.2, 0) is 9.53 Å². The Morgan fingerprint density at radius 3 is 2.81 bits per heavy atom. The van der Waals surface area contributed by atoms with Gasteiger partial charge in [0.15, 0.2) is 0 Å². The molecule has 0 spiro atoms. The third kappa shape index (κ3) is 3.22. The van der Waals surface area contributed by atoms with Crippen molar-refractivity contribution >= 4 is 22.6 Å². The maximum Gasteiger partial charge on any atom is 0.336 e. The first-order chi connectivity index (χ1) is 10.2. The van der Waals surface area contributed by atoms with Crippen LogP contribution in [0.1, 0.15) is 0 Å². The highest BCUT2D eigenvalue weighted by atomic mass is 16.5. The van der Waals surface area contributed by atoms with Crippen LogP contribution in [0.25, 0.3) is 11.0 Å². The second kappa shape index (κ2) is 5.97. The van der Waals surface area contributed by atoms with Gasteiger partial charge in [-0.05, 0) is 24.3 Å². The Morgan fingerprint density at radius 1 is 1.19 bits per heavy atom. The van der Waals surface area contributed by atoms with E-state index >= 15 is 0 Å². The van der Waals surface area contributed by atoms with Crippen molar-refractivity contribution in [2.24, 2.45) is 0 Å². The molecule has 21 heavy (non-hydrogen) atoms. The molecular formula is C15H16N2O4. The first kappa shape index (κ1) is 13.6. The largest absolute Gasteiger partial charge is 0.423 e. The van der Waals surface area contributed by atoms with Crippen molar-refractivity contribution in [2.45, 2.75) is 0 Å². The van der Waals surface area contributed by atoms with Crippen molar-refractivity contribution in [2.75, 3.05) is 38.2 Å². The van der Waals surface area contributed by atoms with Crippen molar-refractivity contribution in [1.29, 1.82) is 0 Å². The average Bonchev–Trinajstić information content (AvgIpc) is 2.53. The Balaban J connectivity index is 1.66. The lowest BCUT2D eigenvalue weighted by Gasteiger charge is -2.27. The van der Waals surface area contributed by atoms with Gasteiger partial charge < -0.3 is 19.4 Å². The molecule has 6 nitrogen and oxygen atoms in total. The van der Waals surface area contributed by atoms with E-state index in [1.54, 1.807) is 23.1 Å². The summed E-state index contributed by atoms with van der Waals surface area (Å²) >= 11 is 0. The van der Waals surface area contributed by atoms with Gasteiger partial charge in [-0.15, -0.1) is 0 Å². The Labute approximate surface area is 121 Å². The maximum absolute atomic E-state index is 12.0. The molecule has 1 aromatic carbocycles. The normalized spacial score (nSPS) is 15.1. The fourth-order valence-corrected chi connectivity index (χ4v) is 2.28. The fraction of sp³-hybridized carbons (Fsp3) is 0.333. The highest BCUT2D eigenvalue weighted by Crippen LogP contribution is 2.17. The lowest BCUT2D eigenvalue weighted by molar-refractivity contribution is -0.133. The molecule has 2 heterocycles. The van der Waals surface area contributed by atoms with E-state index < -0.39 is 0 Å². The predicted octanol–water partition coefficient (Wildman–Crippen LogP) is 1.06. The zero-order chi connectivity index (χ0) is 14.7. The summed E-state index contributed by atoms with van der Waals surface area (Å²) in [6.07, 6.45) is 0. The number of carbonyl (C=O) groups excluding carboxylic acids is 1. The molecule has 2 aromatic rings. The van der Waals surface area contributed by atoms with Gasteiger partial charge in [0.25, 0.3) is 0 Å². The number of amides is 1. The third-order valence-corrected chi connectivity index (χ3v) is 3.43. The van der Waals surface area contributed by atoms with Gasteiger partial charge in [-0.3, -0.25) is 4.79 Å². The molecule has 6 heteroatoms. The van der Waals surface area contributed by atoms with Crippen molar-refractivity contribution in [1.82, 2.24) is 4.90 Å². The topological polar surface area (TPSA) is 71.8 Å². The second-order valence-corrected chi connectivity index (χ2v) is 4.85. The molecule has 110 valence electrons. The molecule has 0 bridgehead atoms.